The Labute approximate surface area is 160 Å². The molecule has 2 aliphatic rings. The topological polar surface area (TPSA) is 67.6 Å². The largest absolute Gasteiger partial charge is 0.477 e. The van der Waals surface area contributed by atoms with E-state index in [1.54, 1.807) is 19.1 Å². The first-order valence-corrected chi connectivity index (χ1v) is 9.47. The third kappa shape index (κ3) is 3.92. The summed E-state index contributed by atoms with van der Waals surface area (Å²) in [5.41, 5.74) is 6.68. The SMILES string of the molecule is CC#CC(C)Oc1cc(N)c(Cl)cc1C(=O)N[C@@H]1C[C@H]2CC[C@@H](C1)N2C. The number of nitrogens with one attached hydrogen (secondary N) is 1. The van der Waals surface area contributed by atoms with Crippen molar-refractivity contribution >= 4 is 23.2 Å². The number of nitrogen functional groups attached to an aromatic ring is 1. The van der Waals surface area contributed by atoms with Crippen LogP contribution in [0.4, 0.5) is 5.69 Å². The first-order chi connectivity index (χ1) is 12.4. The zero-order valence-electron chi connectivity index (χ0n) is 15.5. The Balaban J connectivity index is 1.77. The molecule has 4 atom stereocenters. The van der Waals surface area contributed by atoms with Gasteiger partial charge in [-0.3, -0.25) is 4.79 Å². The van der Waals surface area contributed by atoms with E-state index < -0.39 is 0 Å². The third-order valence-corrected chi connectivity index (χ3v) is 5.76. The normalized spacial score (nSPS) is 25.9. The van der Waals surface area contributed by atoms with Crippen LogP contribution in [0.5, 0.6) is 5.75 Å². The van der Waals surface area contributed by atoms with E-state index in [1.807, 2.05) is 6.92 Å². The fourth-order valence-corrected chi connectivity index (χ4v) is 4.22. The van der Waals surface area contributed by atoms with Crippen molar-refractivity contribution < 1.29 is 9.53 Å². The summed E-state index contributed by atoms with van der Waals surface area (Å²) in [7, 11) is 2.18. The highest BCUT2D eigenvalue weighted by atomic mass is 35.5. The molecule has 5 nitrogen and oxygen atoms in total. The molecule has 3 rings (SSSR count). The van der Waals surface area contributed by atoms with E-state index in [0.717, 1.165) is 12.8 Å². The second kappa shape index (κ2) is 7.77. The van der Waals surface area contributed by atoms with Gasteiger partial charge >= 0.3 is 0 Å². The number of benzene rings is 1. The molecule has 6 heteroatoms. The maximum absolute atomic E-state index is 12.9. The lowest BCUT2D eigenvalue weighted by atomic mass is 9.97. The second-order valence-electron chi connectivity index (χ2n) is 7.22. The van der Waals surface area contributed by atoms with E-state index in [-0.39, 0.29) is 18.1 Å². The molecule has 3 N–H and O–H groups in total. The first-order valence-electron chi connectivity index (χ1n) is 9.09. The summed E-state index contributed by atoms with van der Waals surface area (Å²) < 4.78 is 5.82. The maximum Gasteiger partial charge on any atom is 0.255 e. The van der Waals surface area contributed by atoms with Crippen molar-refractivity contribution in [3.05, 3.63) is 22.7 Å². The predicted octanol–water partition coefficient (Wildman–Crippen LogP) is 3.07. The van der Waals surface area contributed by atoms with E-state index >= 15 is 0 Å². The number of nitrogens with zero attached hydrogens (tertiary/aromatic N) is 1. The second-order valence-corrected chi connectivity index (χ2v) is 7.62. The number of carbonyl (C=O) groups is 1. The van der Waals surface area contributed by atoms with Crippen LogP contribution in [0, 0.1) is 11.8 Å². The van der Waals surface area contributed by atoms with Crippen LogP contribution in [-0.2, 0) is 0 Å². The Kier molecular flexibility index (Phi) is 5.64. The van der Waals surface area contributed by atoms with Crippen molar-refractivity contribution in [2.45, 2.75) is 63.8 Å². The number of nitrogens with two attached hydrogens (primary N) is 1. The smallest absolute Gasteiger partial charge is 0.255 e. The fraction of sp³-hybridized carbons (Fsp3) is 0.550. The van der Waals surface area contributed by atoms with E-state index in [0.29, 0.717) is 34.1 Å². The molecule has 2 saturated heterocycles. The van der Waals surface area contributed by atoms with Crippen molar-refractivity contribution in [2.24, 2.45) is 0 Å². The van der Waals surface area contributed by atoms with Crippen LogP contribution in [0.15, 0.2) is 12.1 Å². The highest BCUT2D eigenvalue weighted by Crippen LogP contribution is 2.35. The average Bonchev–Trinajstić information content (AvgIpc) is 2.80. The number of hydrogen-bond donors (Lipinski definition) is 2. The number of halogens is 1. The molecule has 0 aliphatic carbocycles. The first kappa shape index (κ1) is 18.9. The van der Waals surface area contributed by atoms with Gasteiger partial charge in [0.2, 0.25) is 0 Å². The number of anilines is 1. The zero-order chi connectivity index (χ0) is 18.8. The Morgan fingerprint density at radius 3 is 2.65 bits per heavy atom. The standard InChI is InChI=1S/C20H26ClN3O2/c1-4-5-12(2)26-19-11-18(22)17(21)10-16(19)20(25)23-13-8-14-6-7-15(9-13)24(14)3/h10-15H,6-9,22H2,1-3H3,(H,23,25)/t12?,13-,14-,15+. The highest BCUT2D eigenvalue weighted by molar-refractivity contribution is 6.33. The maximum atomic E-state index is 12.9. The van der Waals surface area contributed by atoms with Gasteiger partial charge in [0, 0.05) is 24.2 Å². The molecule has 1 amide bonds. The Hall–Kier alpha value is -1.90. The molecule has 2 bridgehead atoms. The van der Waals surface area contributed by atoms with E-state index in [1.165, 1.54) is 12.8 Å². The number of amides is 1. The monoisotopic (exact) mass is 375 g/mol. The fourth-order valence-electron chi connectivity index (χ4n) is 4.06. The van der Waals surface area contributed by atoms with E-state index in [2.05, 4.69) is 29.1 Å². The summed E-state index contributed by atoms with van der Waals surface area (Å²) in [4.78, 5) is 15.4. The number of ether oxygens (including phenoxy) is 1. The van der Waals surface area contributed by atoms with Crippen LogP contribution in [0.1, 0.15) is 49.9 Å². The van der Waals surface area contributed by atoms with Gasteiger partial charge < -0.3 is 20.7 Å². The number of piperidine rings is 1. The Bertz CT molecular complexity index is 741. The highest BCUT2D eigenvalue weighted by Gasteiger charge is 2.39. The van der Waals surface area contributed by atoms with Gasteiger partial charge in [-0.25, -0.2) is 0 Å². The molecule has 1 aromatic carbocycles. The molecular formula is C20H26ClN3O2. The van der Waals surface area contributed by atoms with Crippen LogP contribution in [0.2, 0.25) is 5.02 Å². The molecule has 1 unspecified atom stereocenters. The lowest BCUT2D eigenvalue weighted by Crippen LogP contribution is -2.48. The summed E-state index contributed by atoms with van der Waals surface area (Å²) in [6.07, 6.45) is 4.04. The Morgan fingerprint density at radius 2 is 2.04 bits per heavy atom. The molecule has 0 spiro atoms. The van der Waals surface area contributed by atoms with Crippen molar-refractivity contribution in [2.75, 3.05) is 12.8 Å². The lowest BCUT2D eigenvalue weighted by Gasteiger charge is -2.36. The number of hydrogen-bond acceptors (Lipinski definition) is 4. The van der Waals surface area contributed by atoms with Crippen LogP contribution in [0.25, 0.3) is 0 Å². The molecule has 0 radical (unpaired) electrons. The van der Waals surface area contributed by atoms with Crippen LogP contribution in [0.3, 0.4) is 0 Å². The summed E-state index contributed by atoms with van der Waals surface area (Å²) in [5.74, 6) is 5.97. The molecule has 2 fully saturated rings. The molecular weight excluding hydrogens is 350 g/mol. The van der Waals surface area contributed by atoms with Crippen molar-refractivity contribution in [1.82, 2.24) is 10.2 Å². The number of fused-ring (bicyclic) bond motifs is 2. The summed E-state index contributed by atoms with van der Waals surface area (Å²) in [6, 6.07) is 4.48. The van der Waals surface area contributed by atoms with Gasteiger partial charge in [-0.1, -0.05) is 17.5 Å². The van der Waals surface area contributed by atoms with Gasteiger partial charge in [-0.2, -0.15) is 0 Å². The quantitative estimate of drug-likeness (QED) is 0.627. The molecule has 2 heterocycles. The van der Waals surface area contributed by atoms with Crippen LogP contribution >= 0.6 is 11.6 Å². The Morgan fingerprint density at radius 1 is 1.38 bits per heavy atom. The lowest BCUT2D eigenvalue weighted by molar-refractivity contribution is 0.0878. The van der Waals surface area contributed by atoms with Gasteiger partial charge in [-0.05, 0) is 52.6 Å². The van der Waals surface area contributed by atoms with E-state index in [9.17, 15) is 4.79 Å². The van der Waals surface area contributed by atoms with Crippen LogP contribution in [-0.4, -0.2) is 42.1 Å². The van der Waals surface area contributed by atoms with E-state index in [4.69, 9.17) is 22.1 Å². The molecule has 26 heavy (non-hydrogen) atoms. The minimum Gasteiger partial charge on any atom is -0.477 e. The summed E-state index contributed by atoms with van der Waals surface area (Å²) in [5, 5.41) is 3.52. The predicted molar refractivity (Wildman–Crippen MR) is 104 cm³/mol. The number of carbonyl (C=O) groups excluding carboxylic acids is 1. The molecule has 0 aromatic heterocycles. The number of rotatable bonds is 4. The summed E-state index contributed by atoms with van der Waals surface area (Å²) in [6.45, 7) is 3.58. The molecule has 2 aliphatic heterocycles. The van der Waals surface area contributed by atoms with Gasteiger partial charge in [-0.15, -0.1) is 5.92 Å². The van der Waals surface area contributed by atoms with Gasteiger partial charge in [0.1, 0.15) is 5.75 Å². The van der Waals surface area contributed by atoms with Crippen LogP contribution < -0.4 is 15.8 Å². The average molecular weight is 376 g/mol. The van der Waals surface area contributed by atoms with Crippen molar-refractivity contribution in [3.63, 3.8) is 0 Å². The molecule has 140 valence electrons. The van der Waals surface area contributed by atoms with Gasteiger partial charge in [0.25, 0.3) is 5.91 Å². The summed E-state index contributed by atoms with van der Waals surface area (Å²) >= 11 is 6.15. The van der Waals surface area contributed by atoms with Gasteiger partial charge in [0.15, 0.2) is 6.10 Å². The zero-order valence-corrected chi connectivity index (χ0v) is 16.3. The van der Waals surface area contributed by atoms with Crippen molar-refractivity contribution in [1.29, 1.82) is 0 Å². The minimum atomic E-state index is -0.341. The van der Waals surface area contributed by atoms with Crippen molar-refractivity contribution in [3.8, 4) is 17.6 Å². The molecule has 1 aromatic rings. The third-order valence-electron chi connectivity index (χ3n) is 5.43. The molecule has 0 saturated carbocycles. The minimum absolute atomic E-state index is 0.174. The van der Waals surface area contributed by atoms with Gasteiger partial charge in [0.05, 0.1) is 16.3 Å².